The number of nitrogens with one attached hydrogen (secondary N) is 1. The van der Waals surface area contributed by atoms with E-state index in [0.29, 0.717) is 22.8 Å². The molecule has 0 spiro atoms. The van der Waals surface area contributed by atoms with Crippen molar-refractivity contribution in [2.75, 3.05) is 6.54 Å². The number of rotatable bonds is 6. The van der Waals surface area contributed by atoms with E-state index in [2.05, 4.69) is 39.3 Å². The Morgan fingerprint density at radius 2 is 1.82 bits per heavy atom. The lowest BCUT2D eigenvalue weighted by atomic mass is 9.66. The van der Waals surface area contributed by atoms with E-state index in [1.807, 2.05) is 0 Å². The van der Waals surface area contributed by atoms with Crippen molar-refractivity contribution in [3.8, 4) is 22.8 Å². The smallest absolute Gasteiger partial charge is 0.401 e. The number of fused-ring (bicyclic) bond motifs is 5. The van der Waals surface area contributed by atoms with E-state index in [0.717, 1.165) is 18.4 Å². The second kappa shape index (κ2) is 8.87. The van der Waals surface area contributed by atoms with Gasteiger partial charge in [-0.1, -0.05) is 19.9 Å². The molecule has 2 atom stereocenters. The highest BCUT2D eigenvalue weighted by Crippen LogP contribution is 2.69. The molecule has 6 rings (SSSR count). The third kappa shape index (κ3) is 4.00. The van der Waals surface area contributed by atoms with Gasteiger partial charge in [0, 0.05) is 12.7 Å². The second-order valence-electron chi connectivity index (χ2n) is 10.5. The SMILES string of the molecule is CC1(C)[C@H]2CC[C@]1(c1cncc(-c3nc(CNCC(F)(F)F)co3)n1)c1nnc(-c3c(F)cccc3F)cc12. The van der Waals surface area contributed by atoms with Gasteiger partial charge in [-0.3, -0.25) is 4.98 Å². The Morgan fingerprint density at radius 3 is 2.56 bits per heavy atom. The van der Waals surface area contributed by atoms with Crippen molar-refractivity contribution in [1.82, 2.24) is 30.5 Å². The van der Waals surface area contributed by atoms with Gasteiger partial charge in [-0.05, 0) is 47.9 Å². The van der Waals surface area contributed by atoms with Crippen molar-refractivity contribution in [2.24, 2.45) is 5.41 Å². The maximum absolute atomic E-state index is 14.5. The molecule has 7 nitrogen and oxygen atoms in total. The fourth-order valence-electron chi connectivity index (χ4n) is 6.27. The second-order valence-corrected chi connectivity index (χ2v) is 10.5. The normalized spacial score (nSPS) is 21.4. The van der Waals surface area contributed by atoms with E-state index < -0.39 is 29.8 Å². The Labute approximate surface area is 219 Å². The average molecular weight is 543 g/mol. The Bertz CT molecular complexity index is 1550. The number of hydrogen-bond acceptors (Lipinski definition) is 7. The van der Waals surface area contributed by atoms with Crippen molar-refractivity contribution in [3.05, 3.63) is 77.2 Å². The van der Waals surface area contributed by atoms with Crippen LogP contribution >= 0.6 is 0 Å². The highest BCUT2D eigenvalue weighted by molar-refractivity contribution is 5.64. The number of hydrogen-bond donors (Lipinski definition) is 1. The minimum absolute atomic E-state index is 0.0510. The molecule has 1 fully saturated rings. The highest BCUT2D eigenvalue weighted by atomic mass is 19.4. The molecule has 0 aliphatic heterocycles. The zero-order valence-corrected chi connectivity index (χ0v) is 21.0. The third-order valence-corrected chi connectivity index (χ3v) is 8.08. The summed E-state index contributed by atoms with van der Waals surface area (Å²) >= 11 is 0. The molecule has 202 valence electrons. The van der Waals surface area contributed by atoms with Gasteiger partial charge in [0.1, 0.15) is 23.6 Å². The molecule has 0 radical (unpaired) electrons. The van der Waals surface area contributed by atoms with Crippen molar-refractivity contribution >= 4 is 0 Å². The van der Waals surface area contributed by atoms with E-state index in [1.54, 1.807) is 12.3 Å². The van der Waals surface area contributed by atoms with Crippen molar-refractivity contribution in [1.29, 1.82) is 0 Å². The van der Waals surface area contributed by atoms with Crippen LogP contribution in [0.1, 0.15) is 55.3 Å². The molecular formula is C27H23F5N6O. The standard InChI is InChI=1S/C27H23F5N6O/c1-25(2)16-6-7-26(25,23-15(16)8-19(37-38-23)22-17(28)4-3-5-18(22)29)21-11-33-10-20(36-21)24-35-14(12-39-24)9-34-13-27(30,31)32/h3-5,8,10-12,16,34H,6-7,9,13H2,1-2H3/t16-,26-/m0/s1. The third-order valence-electron chi connectivity index (χ3n) is 8.08. The Morgan fingerprint density at radius 1 is 1.05 bits per heavy atom. The van der Waals surface area contributed by atoms with Crippen LogP contribution < -0.4 is 5.32 Å². The zero-order chi connectivity index (χ0) is 27.6. The molecule has 3 aromatic heterocycles. The number of benzene rings is 1. The molecule has 0 amide bonds. The van der Waals surface area contributed by atoms with E-state index in [4.69, 9.17) is 9.40 Å². The summed E-state index contributed by atoms with van der Waals surface area (Å²) in [6.07, 6.45) is 1.61. The summed E-state index contributed by atoms with van der Waals surface area (Å²) in [7, 11) is 0. The summed E-state index contributed by atoms with van der Waals surface area (Å²) in [4.78, 5) is 13.5. The van der Waals surface area contributed by atoms with Crippen LogP contribution in [-0.2, 0) is 12.0 Å². The fourth-order valence-corrected chi connectivity index (χ4v) is 6.27. The molecule has 4 aromatic rings. The molecule has 12 heteroatoms. The Hall–Kier alpha value is -3.80. The molecule has 2 aliphatic rings. The largest absolute Gasteiger partial charge is 0.443 e. The summed E-state index contributed by atoms with van der Waals surface area (Å²) in [6.45, 7) is 2.96. The lowest BCUT2D eigenvalue weighted by Gasteiger charge is -2.37. The molecule has 1 saturated carbocycles. The van der Waals surface area contributed by atoms with Gasteiger partial charge < -0.3 is 9.73 Å². The molecule has 1 N–H and O–H groups in total. The first-order chi connectivity index (χ1) is 18.5. The first-order valence-electron chi connectivity index (χ1n) is 12.4. The van der Waals surface area contributed by atoms with Crippen molar-refractivity contribution in [3.63, 3.8) is 0 Å². The van der Waals surface area contributed by atoms with E-state index in [1.165, 1.54) is 30.7 Å². The van der Waals surface area contributed by atoms with Crippen molar-refractivity contribution in [2.45, 2.75) is 50.7 Å². The maximum atomic E-state index is 14.5. The van der Waals surface area contributed by atoms with Crippen LogP contribution in [-0.4, -0.2) is 37.9 Å². The molecule has 0 saturated heterocycles. The monoisotopic (exact) mass is 542 g/mol. The lowest BCUT2D eigenvalue weighted by Crippen LogP contribution is -2.38. The van der Waals surface area contributed by atoms with Crippen LogP contribution in [0.5, 0.6) is 0 Å². The lowest BCUT2D eigenvalue weighted by molar-refractivity contribution is -0.125. The minimum Gasteiger partial charge on any atom is -0.443 e. The number of oxazole rings is 1. The zero-order valence-electron chi connectivity index (χ0n) is 21.0. The summed E-state index contributed by atoms with van der Waals surface area (Å²) in [6, 6.07) is 5.40. The topological polar surface area (TPSA) is 89.6 Å². The predicted octanol–water partition coefficient (Wildman–Crippen LogP) is 5.72. The van der Waals surface area contributed by atoms with E-state index in [-0.39, 0.29) is 35.0 Å². The van der Waals surface area contributed by atoms with Gasteiger partial charge in [0.2, 0.25) is 5.89 Å². The summed E-state index contributed by atoms with van der Waals surface area (Å²) < 4.78 is 71.8. The summed E-state index contributed by atoms with van der Waals surface area (Å²) in [5.74, 6) is -1.24. The quantitative estimate of drug-likeness (QED) is 0.312. The van der Waals surface area contributed by atoms with Gasteiger partial charge in [0.05, 0.1) is 46.5 Å². The van der Waals surface area contributed by atoms with E-state index >= 15 is 0 Å². The number of halogens is 5. The predicted molar refractivity (Wildman–Crippen MR) is 129 cm³/mol. The van der Waals surface area contributed by atoms with Crippen LogP contribution in [0.15, 0.2) is 47.3 Å². The number of nitrogens with zero attached hydrogens (tertiary/aromatic N) is 5. The van der Waals surface area contributed by atoms with Crippen LogP contribution in [0.2, 0.25) is 0 Å². The van der Waals surface area contributed by atoms with Gasteiger partial charge in [-0.15, -0.1) is 5.10 Å². The summed E-state index contributed by atoms with van der Waals surface area (Å²) in [5.41, 5.74) is 1.70. The maximum Gasteiger partial charge on any atom is 0.401 e. The molecule has 2 aliphatic carbocycles. The first-order valence-corrected chi connectivity index (χ1v) is 12.4. The molecule has 39 heavy (non-hydrogen) atoms. The van der Waals surface area contributed by atoms with Crippen LogP contribution in [0, 0.1) is 17.0 Å². The van der Waals surface area contributed by atoms with Crippen LogP contribution in [0.3, 0.4) is 0 Å². The fraction of sp³-hybridized carbons (Fsp3) is 0.370. The van der Waals surface area contributed by atoms with E-state index in [9.17, 15) is 22.0 Å². The van der Waals surface area contributed by atoms with Gasteiger partial charge in [0.15, 0.2) is 0 Å². The first kappa shape index (κ1) is 25.5. The highest BCUT2D eigenvalue weighted by Gasteiger charge is 2.65. The van der Waals surface area contributed by atoms with Crippen LogP contribution in [0.4, 0.5) is 22.0 Å². The molecule has 0 unspecified atom stereocenters. The molecule has 1 aromatic carbocycles. The molecule has 3 heterocycles. The minimum atomic E-state index is -4.33. The van der Waals surface area contributed by atoms with Crippen LogP contribution in [0.25, 0.3) is 22.8 Å². The Kier molecular flexibility index (Phi) is 5.79. The van der Waals surface area contributed by atoms with Gasteiger partial charge in [0.25, 0.3) is 0 Å². The van der Waals surface area contributed by atoms with Gasteiger partial charge in [-0.2, -0.15) is 18.3 Å². The Balaban J connectivity index is 1.36. The number of alkyl halides is 3. The number of aromatic nitrogens is 5. The summed E-state index contributed by atoms with van der Waals surface area (Å²) in [5, 5.41) is 11.0. The molecular weight excluding hydrogens is 519 g/mol. The van der Waals surface area contributed by atoms with Crippen molar-refractivity contribution < 1.29 is 26.4 Å². The van der Waals surface area contributed by atoms with Gasteiger partial charge >= 0.3 is 6.18 Å². The van der Waals surface area contributed by atoms with Gasteiger partial charge in [-0.25, -0.2) is 18.7 Å². The average Bonchev–Trinajstić information content (AvgIpc) is 3.51. The molecule has 2 bridgehead atoms.